The SMILES string of the molecule is c1ccc(N(c2ccccc2)c2cccc3c2oc2cccc(C4(c5ccccc5)c5ccccc5-c5ccccc54)c23)cc1. The van der Waals surface area contributed by atoms with Gasteiger partial charge in [-0.2, -0.15) is 0 Å². The molecule has 9 rings (SSSR count). The number of benzene rings is 7. The molecule has 0 radical (unpaired) electrons. The van der Waals surface area contributed by atoms with Gasteiger partial charge in [-0.15, -0.1) is 0 Å². The van der Waals surface area contributed by atoms with Gasteiger partial charge in [0.05, 0.1) is 11.1 Å². The molecule has 0 unspecified atom stereocenters. The Morgan fingerprint density at radius 2 is 0.933 bits per heavy atom. The normalized spacial score (nSPS) is 13.1. The number of rotatable bonds is 5. The summed E-state index contributed by atoms with van der Waals surface area (Å²) in [4.78, 5) is 2.29. The third kappa shape index (κ3) is 3.69. The Labute approximate surface area is 262 Å². The number of anilines is 3. The highest BCUT2D eigenvalue weighted by molar-refractivity contribution is 6.13. The summed E-state index contributed by atoms with van der Waals surface area (Å²) in [5, 5.41) is 2.25. The second-order valence-corrected chi connectivity index (χ2v) is 11.6. The molecule has 1 aromatic heterocycles. The van der Waals surface area contributed by atoms with Crippen molar-refractivity contribution in [3.05, 3.63) is 198 Å². The molecule has 1 aliphatic rings. The molecule has 0 amide bonds. The number of furan rings is 1. The van der Waals surface area contributed by atoms with Crippen molar-refractivity contribution in [1.29, 1.82) is 0 Å². The van der Waals surface area contributed by atoms with E-state index in [4.69, 9.17) is 4.42 Å². The van der Waals surface area contributed by atoms with Gasteiger partial charge in [0.25, 0.3) is 0 Å². The molecule has 2 heteroatoms. The molecule has 0 saturated heterocycles. The highest BCUT2D eigenvalue weighted by atomic mass is 16.3. The molecule has 1 aliphatic carbocycles. The third-order valence-electron chi connectivity index (χ3n) is 9.33. The summed E-state index contributed by atoms with van der Waals surface area (Å²) in [5.41, 5.74) is 12.0. The van der Waals surface area contributed by atoms with E-state index in [9.17, 15) is 0 Å². The van der Waals surface area contributed by atoms with E-state index < -0.39 is 5.41 Å². The lowest BCUT2D eigenvalue weighted by Gasteiger charge is -2.34. The zero-order chi connectivity index (χ0) is 29.8. The van der Waals surface area contributed by atoms with Gasteiger partial charge >= 0.3 is 0 Å². The Kier molecular flexibility index (Phi) is 5.76. The van der Waals surface area contributed by atoms with Gasteiger partial charge in [0, 0.05) is 22.1 Å². The first-order valence-corrected chi connectivity index (χ1v) is 15.5. The van der Waals surface area contributed by atoms with Gasteiger partial charge in [-0.05, 0) is 69.8 Å². The fourth-order valence-electron chi connectivity index (χ4n) is 7.58. The van der Waals surface area contributed by atoms with Crippen molar-refractivity contribution in [2.24, 2.45) is 0 Å². The fraction of sp³-hybridized carbons (Fsp3) is 0.0233. The minimum absolute atomic E-state index is 0.515. The third-order valence-corrected chi connectivity index (χ3v) is 9.33. The first kappa shape index (κ1) is 25.6. The van der Waals surface area contributed by atoms with Gasteiger partial charge in [-0.1, -0.05) is 140 Å². The molecule has 212 valence electrons. The molecule has 0 fully saturated rings. The molecule has 0 spiro atoms. The lowest BCUT2D eigenvalue weighted by atomic mass is 9.66. The number of fused-ring (bicyclic) bond motifs is 6. The maximum atomic E-state index is 6.92. The van der Waals surface area contributed by atoms with Crippen LogP contribution in [0.25, 0.3) is 33.1 Å². The van der Waals surface area contributed by atoms with E-state index in [2.05, 4.69) is 181 Å². The Hall–Kier alpha value is -5.86. The predicted octanol–water partition coefficient (Wildman–Crippen LogP) is 11.4. The van der Waals surface area contributed by atoms with Gasteiger partial charge in [0.2, 0.25) is 0 Å². The maximum Gasteiger partial charge on any atom is 0.159 e. The average molecular weight is 576 g/mol. The number of hydrogen-bond acceptors (Lipinski definition) is 2. The molecule has 0 aliphatic heterocycles. The van der Waals surface area contributed by atoms with Crippen LogP contribution in [0.3, 0.4) is 0 Å². The fourth-order valence-corrected chi connectivity index (χ4v) is 7.58. The predicted molar refractivity (Wildman–Crippen MR) is 186 cm³/mol. The van der Waals surface area contributed by atoms with Crippen LogP contribution in [0.15, 0.2) is 180 Å². The minimum Gasteiger partial charge on any atom is -0.454 e. The van der Waals surface area contributed by atoms with Gasteiger partial charge in [-0.25, -0.2) is 0 Å². The van der Waals surface area contributed by atoms with E-state index in [0.717, 1.165) is 39.0 Å². The molecule has 1 heterocycles. The van der Waals surface area contributed by atoms with Crippen LogP contribution in [0.5, 0.6) is 0 Å². The second kappa shape index (κ2) is 10.1. The molecule has 45 heavy (non-hydrogen) atoms. The van der Waals surface area contributed by atoms with Crippen molar-refractivity contribution in [3.63, 3.8) is 0 Å². The second-order valence-electron chi connectivity index (χ2n) is 11.6. The van der Waals surface area contributed by atoms with Crippen LogP contribution in [-0.2, 0) is 5.41 Å². The van der Waals surface area contributed by atoms with Crippen molar-refractivity contribution >= 4 is 39.0 Å². The van der Waals surface area contributed by atoms with Crippen molar-refractivity contribution in [1.82, 2.24) is 0 Å². The largest absolute Gasteiger partial charge is 0.454 e. The van der Waals surface area contributed by atoms with E-state index in [1.54, 1.807) is 0 Å². The van der Waals surface area contributed by atoms with Crippen LogP contribution in [-0.4, -0.2) is 0 Å². The number of hydrogen-bond donors (Lipinski definition) is 0. The first-order valence-electron chi connectivity index (χ1n) is 15.5. The molecule has 2 nitrogen and oxygen atoms in total. The van der Waals surface area contributed by atoms with E-state index in [0.29, 0.717) is 0 Å². The monoisotopic (exact) mass is 575 g/mol. The van der Waals surface area contributed by atoms with Gasteiger partial charge in [0.15, 0.2) is 5.58 Å². The van der Waals surface area contributed by atoms with E-state index in [1.807, 2.05) is 0 Å². The van der Waals surface area contributed by atoms with Crippen LogP contribution >= 0.6 is 0 Å². The Morgan fingerprint density at radius 1 is 0.422 bits per heavy atom. The lowest BCUT2D eigenvalue weighted by Crippen LogP contribution is -2.28. The van der Waals surface area contributed by atoms with Gasteiger partial charge in [-0.3, -0.25) is 0 Å². The van der Waals surface area contributed by atoms with E-state index in [1.165, 1.54) is 33.4 Å². The Morgan fingerprint density at radius 3 is 1.56 bits per heavy atom. The molecular formula is C43H29NO. The van der Waals surface area contributed by atoms with Crippen LogP contribution < -0.4 is 4.90 Å². The molecule has 0 saturated carbocycles. The summed E-state index contributed by atoms with van der Waals surface area (Å²) in [6.45, 7) is 0. The maximum absolute atomic E-state index is 6.92. The lowest BCUT2D eigenvalue weighted by molar-refractivity contribution is 0.668. The van der Waals surface area contributed by atoms with E-state index in [-0.39, 0.29) is 0 Å². The molecule has 8 aromatic rings. The quantitative estimate of drug-likeness (QED) is 0.203. The van der Waals surface area contributed by atoms with Crippen molar-refractivity contribution < 1.29 is 4.42 Å². The highest BCUT2D eigenvalue weighted by Gasteiger charge is 2.47. The van der Waals surface area contributed by atoms with Gasteiger partial charge < -0.3 is 9.32 Å². The van der Waals surface area contributed by atoms with E-state index >= 15 is 0 Å². The first-order chi connectivity index (χ1) is 22.4. The smallest absolute Gasteiger partial charge is 0.159 e. The van der Waals surface area contributed by atoms with Gasteiger partial charge in [0.1, 0.15) is 5.58 Å². The summed E-state index contributed by atoms with van der Waals surface area (Å²) in [6, 6.07) is 62.9. The minimum atomic E-state index is -0.515. The van der Waals surface area contributed by atoms with Crippen LogP contribution in [0, 0.1) is 0 Å². The van der Waals surface area contributed by atoms with Crippen molar-refractivity contribution in [2.75, 3.05) is 4.90 Å². The summed E-state index contributed by atoms with van der Waals surface area (Å²) in [6.07, 6.45) is 0. The molecule has 7 aromatic carbocycles. The topological polar surface area (TPSA) is 16.4 Å². The highest BCUT2D eigenvalue weighted by Crippen LogP contribution is 2.58. The zero-order valence-corrected chi connectivity index (χ0v) is 24.6. The van der Waals surface area contributed by atoms with Crippen LogP contribution in [0.4, 0.5) is 17.1 Å². The zero-order valence-electron chi connectivity index (χ0n) is 24.6. The van der Waals surface area contributed by atoms with Crippen molar-refractivity contribution in [3.8, 4) is 11.1 Å². The molecule has 0 N–H and O–H groups in total. The molecular weight excluding hydrogens is 546 g/mol. The summed E-state index contributed by atoms with van der Waals surface area (Å²) in [7, 11) is 0. The summed E-state index contributed by atoms with van der Waals surface area (Å²) >= 11 is 0. The molecule has 0 atom stereocenters. The van der Waals surface area contributed by atoms with Crippen LogP contribution in [0.2, 0.25) is 0 Å². The number of nitrogens with zero attached hydrogens (tertiary/aromatic N) is 1. The standard InChI is InChI=1S/C43H29NO/c1-4-16-30(17-5-1)43(36-25-12-10-22-33(36)34-23-11-13-26-37(34)43)38-27-15-29-40-41(38)35-24-14-28-39(42(35)45-40)44(31-18-6-2-7-19-31)32-20-8-3-9-21-32/h1-29H. The van der Waals surface area contributed by atoms with Crippen LogP contribution in [0.1, 0.15) is 22.3 Å². The summed E-state index contributed by atoms with van der Waals surface area (Å²) < 4.78 is 6.92. The number of para-hydroxylation sites is 3. The average Bonchev–Trinajstić information content (AvgIpc) is 3.65. The molecule has 0 bridgehead atoms. The summed E-state index contributed by atoms with van der Waals surface area (Å²) in [5.74, 6) is 0. The Balaban J connectivity index is 1.39. The Bertz CT molecular complexity index is 2240. The van der Waals surface area contributed by atoms with Crippen molar-refractivity contribution in [2.45, 2.75) is 5.41 Å².